The smallest absolute Gasteiger partial charge is 0.316 e. The molecule has 6 nitrogen and oxygen atoms in total. The molecule has 1 spiro atoms. The van der Waals surface area contributed by atoms with Crippen molar-refractivity contribution in [2.75, 3.05) is 39.2 Å². The van der Waals surface area contributed by atoms with E-state index in [1.807, 2.05) is 25.1 Å². The Morgan fingerprint density at radius 3 is 2.86 bits per heavy atom. The highest BCUT2D eigenvalue weighted by Gasteiger charge is 2.88. The molecule has 0 amide bonds. The Morgan fingerprint density at radius 1 is 1.43 bits per heavy atom. The molecule has 4 fully saturated rings. The Hall–Kier alpha value is -1.89. The Balaban J connectivity index is 1.96. The maximum Gasteiger partial charge on any atom is 0.316 e. The molecule has 6 heteroatoms. The minimum atomic E-state index is -1.13. The van der Waals surface area contributed by atoms with Crippen molar-refractivity contribution in [2.45, 2.75) is 36.9 Å². The molecular weight excluding hydrogens is 356 g/mol. The van der Waals surface area contributed by atoms with Gasteiger partial charge in [-0.1, -0.05) is 24.3 Å². The van der Waals surface area contributed by atoms with Gasteiger partial charge in [-0.15, -0.1) is 0 Å². The lowest BCUT2D eigenvalue weighted by molar-refractivity contribution is -0.944. The first-order valence-corrected chi connectivity index (χ1v) is 10.1. The second-order valence-corrected chi connectivity index (χ2v) is 9.16. The Morgan fingerprint density at radius 2 is 2.18 bits per heavy atom. The predicted molar refractivity (Wildman–Crippen MR) is 104 cm³/mol. The van der Waals surface area contributed by atoms with Crippen LogP contribution < -0.4 is 5.32 Å². The summed E-state index contributed by atoms with van der Waals surface area (Å²) in [6, 6.07) is 8.04. The van der Waals surface area contributed by atoms with E-state index in [1.54, 1.807) is 0 Å². The summed E-state index contributed by atoms with van der Waals surface area (Å²) >= 11 is 0. The summed E-state index contributed by atoms with van der Waals surface area (Å²) in [5.74, 6) is -0.629. The zero-order valence-corrected chi connectivity index (χ0v) is 16.7. The van der Waals surface area contributed by atoms with Crippen molar-refractivity contribution in [3.05, 3.63) is 41.5 Å². The van der Waals surface area contributed by atoms with Gasteiger partial charge in [-0.3, -0.25) is 9.28 Å². The van der Waals surface area contributed by atoms with Gasteiger partial charge in [-0.05, 0) is 30.5 Å². The average Bonchev–Trinajstić information content (AvgIpc) is 3.12. The molecule has 4 heterocycles. The third-order valence-electron chi connectivity index (χ3n) is 8.64. The van der Waals surface area contributed by atoms with Gasteiger partial charge < -0.3 is 20.3 Å². The number of rotatable bonds is 2. The number of likely N-dealkylation sites (N-methyl/N-ethyl adjacent to an activating group) is 1. The molecule has 6 rings (SSSR count). The summed E-state index contributed by atoms with van der Waals surface area (Å²) in [7, 11) is 3.59. The van der Waals surface area contributed by atoms with E-state index in [0.717, 1.165) is 29.9 Å². The van der Waals surface area contributed by atoms with Crippen LogP contribution in [0.25, 0.3) is 0 Å². The fraction of sp³-hybridized carbons (Fsp3) is 0.591. The number of quaternary nitrogens is 1. The molecule has 5 aliphatic rings. The Labute approximate surface area is 165 Å². The number of benzene rings is 1. The van der Waals surface area contributed by atoms with Gasteiger partial charge in [0.2, 0.25) is 5.66 Å². The van der Waals surface area contributed by atoms with Gasteiger partial charge in [0.15, 0.2) is 0 Å². The summed E-state index contributed by atoms with van der Waals surface area (Å²) in [5.41, 5.74) is 0.476. The van der Waals surface area contributed by atoms with Gasteiger partial charge in [0.05, 0.1) is 32.7 Å². The molecule has 150 valence electrons. The molecule has 3 N–H and O–H groups in total. The predicted octanol–water partition coefficient (Wildman–Crippen LogP) is 1.39. The average molecular weight is 385 g/mol. The number of nitrogens with zero attached hydrogens (tertiary/aromatic N) is 1. The lowest BCUT2D eigenvalue weighted by Crippen LogP contribution is -2.78. The molecule has 28 heavy (non-hydrogen) atoms. The Bertz CT molecular complexity index is 900. The van der Waals surface area contributed by atoms with Crippen molar-refractivity contribution < 1.29 is 24.2 Å². The topological polar surface area (TPSA) is 78.8 Å². The van der Waals surface area contributed by atoms with Crippen LogP contribution in [-0.2, 0) is 14.9 Å². The van der Waals surface area contributed by atoms with Gasteiger partial charge in [0.25, 0.3) is 0 Å². The van der Waals surface area contributed by atoms with E-state index in [9.17, 15) is 15.0 Å². The first-order valence-electron chi connectivity index (χ1n) is 10.1. The largest absolute Gasteiger partial charge is 0.468 e. The summed E-state index contributed by atoms with van der Waals surface area (Å²) in [5, 5.41) is 26.2. The fourth-order valence-electron chi connectivity index (χ4n) is 7.70. The van der Waals surface area contributed by atoms with Crippen molar-refractivity contribution in [1.29, 1.82) is 0 Å². The first kappa shape index (κ1) is 18.2. The molecular formula is C22H29N2O4+. The van der Waals surface area contributed by atoms with E-state index in [-0.39, 0.29) is 18.5 Å². The third-order valence-corrected chi connectivity index (χ3v) is 8.64. The summed E-state index contributed by atoms with van der Waals surface area (Å²) in [6.07, 6.45) is 2.59. The van der Waals surface area contributed by atoms with E-state index in [0.29, 0.717) is 17.3 Å². The van der Waals surface area contributed by atoms with Gasteiger partial charge in [0, 0.05) is 18.0 Å². The molecule has 1 aliphatic carbocycles. The van der Waals surface area contributed by atoms with Crippen LogP contribution in [0.4, 0.5) is 5.69 Å². The number of hydrogen-bond donors (Lipinski definition) is 3. The molecule has 0 aromatic heterocycles. The van der Waals surface area contributed by atoms with Crippen LogP contribution >= 0.6 is 0 Å². The fourth-order valence-corrected chi connectivity index (χ4v) is 7.70. The number of carbonyl (C=O) groups excluding carboxylic acids is 1. The number of aliphatic hydroxyl groups excluding tert-OH is 2. The highest BCUT2D eigenvalue weighted by atomic mass is 16.5. The van der Waals surface area contributed by atoms with Crippen molar-refractivity contribution in [2.24, 2.45) is 11.3 Å². The van der Waals surface area contributed by atoms with E-state index in [4.69, 9.17) is 4.74 Å². The second-order valence-electron chi connectivity index (χ2n) is 9.16. The molecule has 4 bridgehead atoms. The lowest BCUT2D eigenvalue weighted by Gasteiger charge is -2.58. The molecule has 1 aromatic rings. The number of hydrogen-bond acceptors (Lipinski definition) is 5. The highest BCUT2D eigenvalue weighted by Crippen LogP contribution is 2.74. The number of nitrogens with one attached hydrogen (secondary N) is 1. The standard InChI is InChI=1S/C22H29N2O4/c1-4-14-12-24(2)10-9-21-15-7-5-6-8-17(15)23-22(21,24)18(26)11-16(14)20(21,13-25)19(27)28-3/h4-8,16,18,23,25-26H,9-13H2,1-3H3/q+1/t16-,18?,20+,21+,22+,24?/m1/s1. The zero-order valence-electron chi connectivity index (χ0n) is 16.7. The number of fused-ring (bicyclic) bond motifs is 3. The van der Waals surface area contributed by atoms with E-state index < -0.39 is 22.6 Å². The molecule has 3 saturated heterocycles. The maximum atomic E-state index is 13.5. The van der Waals surface area contributed by atoms with Crippen molar-refractivity contribution in [3.63, 3.8) is 0 Å². The number of aliphatic hydroxyl groups is 2. The molecule has 1 aromatic carbocycles. The number of methoxy groups -OCH3 is 1. The molecule has 1 saturated carbocycles. The van der Waals surface area contributed by atoms with Crippen molar-refractivity contribution in [3.8, 4) is 0 Å². The van der Waals surface area contributed by atoms with Crippen LogP contribution in [0.1, 0.15) is 25.3 Å². The van der Waals surface area contributed by atoms with Crippen LogP contribution in [0.3, 0.4) is 0 Å². The van der Waals surface area contributed by atoms with Crippen LogP contribution in [0.2, 0.25) is 0 Å². The Kier molecular flexibility index (Phi) is 3.49. The molecule has 6 atom stereocenters. The highest BCUT2D eigenvalue weighted by molar-refractivity contribution is 5.85. The summed E-state index contributed by atoms with van der Waals surface area (Å²) in [6.45, 7) is 3.26. The van der Waals surface area contributed by atoms with E-state index >= 15 is 0 Å². The second kappa shape index (κ2) is 5.38. The lowest BCUT2D eigenvalue weighted by atomic mass is 9.45. The SMILES string of the molecule is CC=C1C[N+]2(C)CC[C@@]34c5ccccc5N[C@]32C(O)C[C@H]1[C@@]4(CO)C(=O)OC. The number of carbonyl (C=O) groups is 1. The van der Waals surface area contributed by atoms with Crippen molar-refractivity contribution >= 4 is 11.7 Å². The number of para-hydroxylation sites is 1. The maximum absolute atomic E-state index is 13.5. The van der Waals surface area contributed by atoms with Crippen LogP contribution in [-0.4, -0.2) is 66.3 Å². The van der Waals surface area contributed by atoms with Crippen LogP contribution in [0, 0.1) is 11.3 Å². The molecule has 0 radical (unpaired) electrons. The first-order chi connectivity index (χ1) is 13.4. The number of anilines is 1. The molecule has 4 aliphatic heterocycles. The normalized spacial score (nSPS) is 46.7. The van der Waals surface area contributed by atoms with E-state index in [2.05, 4.69) is 24.5 Å². The van der Waals surface area contributed by atoms with Crippen molar-refractivity contribution in [1.82, 2.24) is 0 Å². The quantitative estimate of drug-likeness (QED) is 0.407. The summed E-state index contributed by atoms with van der Waals surface area (Å²) in [4.78, 5) is 13.5. The van der Waals surface area contributed by atoms with Gasteiger partial charge in [-0.25, -0.2) is 0 Å². The van der Waals surface area contributed by atoms with Crippen LogP contribution in [0.5, 0.6) is 0 Å². The zero-order chi connectivity index (χ0) is 19.9. The summed E-state index contributed by atoms with van der Waals surface area (Å²) < 4.78 is 5.98. The van der Waals surface area contributed by atoms with Gasteiger partial charge in [-0.2, -0.15) is 0 Å². The third kappa shape index (κ3) is 1.52. The number of allylic oxidation sites excluding steroid dienone is 1. The number of ether oxygens (including phenoxy) is 1. The molecule has 2 unspecified atom stereocenters. The van der Waals surface area contributed by atoms with E-state index in [1.165, 1.54) is 7.11 Å². The van der Waals surface area contributed by atoms with Gasteiger partial charge >= 0.3 is 5.97 Å². The van der Waals surface area contributed by atoms with Gasteiger partial charge in [0.1, 0.15) is 18.1 Å². The van der Waals surface area contributed by atoms with Crippen LogP contribution in [0.15, 0.2) is 35.9 Å². The number of esters is 1. The minimum Gasteiger partial charge on any atom is -0.468 e. The minimum absolute atomic E-state index is 0.258. The monoisotopic (exact) mass is 385 g/mol.